The minimum Gasteiger partial charge on any atom is -0.461 e. The Balaban J connectivity index is 1.47. The van der Waals surface area contributed by atoms with E-state index in [1.54, 1.807) is 13.1 Å². The van der Waals surface area contributed by atoms with Gasteiger partial charge in [0.05, 0.1) is 23.6 Å². The van der Waals surface area contributed by atoms with Gasteiger partial charge in [-0.1, -0.05) is 11.8 Å². The molecule has 0 radical (unpaired) electrons. The Hall–Kier alpha value is -3.41. The molecule has 1 fully saturated rings. The molecule has 0 amide bonds. The Kier molecular flexibility index (Phi) is 5.98. The van der Waals surface area contributed by atoms with Crippen molar-refractivity contribution in [2.75, 3.05) is 19.8 Å². The molecule has 0 saturated carbocycles. The predicted octanol–water partition coefficient (Wildman–Crippen LogP) is 5.53. The zero-order valence-electron chi connectivity index (χ0n) is 18.6. The fraction of sp³-hybridized carbons (Fsp3) is 0.269. The fourth-order valence-electron chi connectivity index (χ4n) is 4.34. The fourth-order valence-corrected chi connectivity index (χ4v) is 5.29. The SMILES string of the molecule is CCOC(=O)c1cn2c(ccc3cc(Sc4cc(F)cc(C5(C#N)CCOCC5)c4)ccc32)n1. The Bertz CT molecular complexity index is 1440. The summed E-state index contributed by atoms with van der Waals surface area (Å²) in [7, 11) is 0. The molecule has 1 saturated heterocycles. The van der Waals surface area contributed by atoms with E-state index in [4.69, 9.17) is 9.47 Å². The topological polar surface area (TPSA) is 76.6 Å². The largest absolute Gasteiger partial charge is 0.461 e. The van der Waals surface area contributed by atoms with Crippen LogP contribution >= 0.6 is 11.8 Å². The molecule has 1 aliphatic heterocycles. The van der Waals surface area contributed by atoms with Gasteiger partial charge in [-0.05, 0) is 79.2 Å². The number of rotatable bonds is 5. The highest BCUT2D eigenvalue weighted by molar-refractivity contribution is 7.99. The molecule has 1 aliphatic rings. The summed E-state index contributed by atoms with van der Waals surface area (Å²) in [6, 6.07) is 17.0. The molecule has 34 heavy (non-hydrogen) atoms. The van der Waals surface area contributed by atoms with Crippen LogP contribution in [0.25, 0.3) is 16.6 Å². The molecule has 8 heteroatoms. The number of nitriles is 1. The summed E-state index contributed by atoms with van der Waals surface area (Å²) in [5, 5.41) is 10.8. The van der Waals surface area contributed by atoms with Gasteiger partial charge >= 0.3 is 5.97 Å². The number of pyridine rings is 1. The van der Waals surface area contributed by atoms with Crippen LogP contribution in [0.1, 0.15) is 35.8 Å². The first-order valence-corrected chi connectivity index (χ1v) is 11.9. The van der Waals surface area contributed by atoms with E-state index >= 15 is 0 Å². The van der Waals surface area contributed by atoms with Gasteiger partial charge in [-0.25, -0.2) is 14.2 Å². The lowest BCUT2D eigenvalue weighted by Crippen LogP contribution is -2.32. The number of benzene rings is 2. The second kappa shape index (κ2) is 9.09. The van der Waals surface area contributed by atoms with Gasteiger partial charge in [-0.15, -0.1) is 0 Å². The van der Waals surface area contributed by atoms with Crippen LogP contribution in [-0.2, 0) is 14.9 Å². The third-order valence-electron chi connectivity index (χ3n) is 6.11. The van der Waals surface area contributed by atoms with Gasteiger partial charge in [0, 0.05) is 29.2 Å². The van der Waals surface area contributed by atoms with E-state index in [-0.39, 0.29) is 11.5 Å². The summed E-state index contributed by atoms with van der Waals surface area (Å²) in [6.07, 6.45) is 2.79. The number of hydrogen-bond acceptors (Lipinski definition) is 6. The highest BCUT2D eigenvalue weighted by Crippen LogP contribution is 2.38. The first-order valence-electron chi connectivity index (χ1n) is 11.1. The highest BCUT2D eigenvalue weighted by atomic mass is 32.2. The molecule has 0 bridgehead atoms. The van der Waals surface area contributed by atoms with Crippen LogP contribution in [-0.4, -0.2) is 35.2 Å². The summed E-state index contributed by atoms with van der Waals surface area (Å²) in [4.78, 5) is 18.1. The molecular weight excluding hydrogens is 453 g/mol. The molecule has 3 heterocycles. The number of ether oxygens (including phenoxy) is 2. The predicted molar refractivity (Wildman–Crippen MR) is 127 cm³/mol. The van der Waals surface area contributed by atoms with Gasteiger partial charge in [-0.3, -0.25) is 4.40 Å². The molecule has 2 aromatic carbocycles. The lowest BCUT2D eigenvalue weighted by atomic mass is 9.75. The quantitative estimate of drug-likeness (QED) is 0.354. The first-order chi connectivity index (χ1) is 16.5. The van der Waals surface area contributed by atoms with Crippen LogP contribution in [0.4, 0.5) is 4.39 Å². The minimum absolute atomic E-state index is 0.264. The van der Waals surface area contributed by atoms with Crippen molar-refractivity contribution < 1.29 is 18.7 Å². The van der Waals surface area contributed by atoms with Gasteiger partial charge < -0.3 is 9.47 Å². The summed E-state index contributed by atoms with van der Waals surface area (Å²) >= 11 is 1.45. The number of halogens is 1. The van der Waals surface area contributed by atoms with Crippen molar-refractivity contribution >= 4 is 34.3 Å². The van der Waals surface area contributed by atoms with Crippen LogP contribution in [0.2, 0.25) is 0 Å². The van der Waals surface area contributed by atoms with E-state index in [1.807, 2.05) is 40.8 Å². The summed E-state index contributed by atoms with van der Waals surface area (Å²) in [5.41, 5.74) is 1.80. The molecule has 6 nitrogen and oxygen atoms in total. The third-order valence-corrected chi connectivity index (χ3v) is 7.07. The molecule has 0 N–H and O–H groups in total. The molecule has 4 aromatic rings. The molecule has 0 spiro atoms. The van der Waals surface area contributed by atoms with Gasteiger partial charge in [0.25, 0.3) is 0 Å². The summed E-state index contributed by atoms with van der Waals surface area (Å²) in [5.74, 6) is -0.804. The van der Waals surface area contributed by atoms with Crippen molar-refractivity contribution in [3.05, 3.63) is 71.8 Å². The molecule has 2 aromatic heterocycles. The lowest BCUT2D eigenvalue weighted by Gasteiger charge is -2.31. The van der Waals surface area contributed by atoms with Crippen molar-refractivity contribution in [3.63, 3.8) is 0 Å². The number of hydrogen-bond donors (Lipinski definition) is 0. The zero-order chi connectivity index (χ0) is 23.7. The maximum absolute atomic E-state index is 14.5. The van der Waals surface area contributed by atoms with E-state index in [0.717, 1.165) is 20.7 Å². The number of carbonyl (C=O) groups is 1. The Morgan fingerprint density at radius 3 is 2.79 bits per heavy atom. The first kappa shape index (κ1) is 22.4. The van der Waals surface area contributed by atoms with E-state index < -0.39 is 11.4 Å². The van der Waals surface area contributed by atoms with Crippen molar-refractivity contribution in [1.82, 2.24) is 9.38 Å². The number of carbonyl (C=O) groups excluding carboxylic acids is 1. The molecule has 172 valence electrons. The molecule has 0 aliphatic carbocycles. The van der Waals surface area contributed by atoms with Crippen LogP contribution in [0, 0.1) is 17.1 Å². The standard InChI is InChI=1S/C26H22FN3O3S/c1-2-33-25(31)22-15-30-23-5-4-20(11-17(23)3-6-24(30)29-22)34-21-13-18(12-19(27)14-21)26(16-28)7-9-32-10-8-26/h3-6,11-15H,2,7-10H2,1H3. The third kappa shape index (κ3) is 4.13. The maximum atomic E-state index is 14.5. The molecular formula is C26H22FN3O3S. The van der Waals surface area contributed by atoms with E-state index in [9.17, 15) is 14.4 Å². The van der Waals surface area contributed by atoms with Crippen molar-refractivity contribution in [2.24, 2.45) is 0 Å². The maximum Gasteiger partial charge on any atom is 0.358 e. The van der Waals surface area contributed by atoms with Gasteiger partial charge in [0.1, 0.15) is 11.5 Å². The average molecular weight is 476 g/mol. The molecule has 0 unspecified atom stereocenters. The van der Waals surface area contributed by atoms with Gasteiger partial charge in [0.15, 0.2) is 5.69 Å². The van der Waals surface area contributed by atoms with Crippen LogP contribution < -0.4 is 0 Å². The van der Waals surface area contributed by atoms with Gasteiger partial charge in [-0.2, -0.15) is 5.26 Å². The normalized spacial score (nSPS) is 15.3. The van der Waals surface area contributed by atoms with E-state index in [1.165, 1.54) is 23.9 Å². The van der Waals surface area contributed by atoms with Crippen molar-refractivity contribution in [2.45, 2.75) is 35.0 Å². The number of imidazole rings is 1. The number of fused-ring (bicyclic) bond motifs is 3. The second-order valence-electron chi connectivity index (χ2n) is 8.21. The van der Waals surface area contributed by atoms with Crippen molar-refractivity contribution in [1.29, 1.82) is 5.26 Å². The Morgan fingerprint density at radius 2 is 2.03 bits per heavy atom. The average Bonchev–Trinajstić information content (AvgIpc) is 3.29. The number of esters is 1. The highest BCUT2D eigenvalue weighted by Gasteiger charge is 2.35. The monoisotopic (exact) mass is 475 g/mol. The number of aromatic nitrogens is 2. The zero-order valence-corrected chi connectivity index (χ0v) is 19.4. The molecule has 5 rings (SSSR count). The lowest BCUT2D eigenvalue weighted by molar-refractivity contribution is 0.0520. The Labute approximate surface area is 200 Å². The van der Waals surface area contributed by atoms with E-state index in [0.29, 0.717) is 43.9 Å². The van der Waals surface area contributed by atoms with Crippen molar-refractivity contribution in [3.8, 4) is 6.07 Å². The second-order valence-corrected chi connectivity index (χ2v) is 9.36. The molecule has 0 atom stereocenters. The van der Waals surface area contributed by atoms with E-state index in [2.05, 4.69) is 11.1 Å². The van der Waals surface area contributed by atoms with Gasteiger partial charge in [0.2, 0.25) is 0 Å². The summed E-state index contributed by atoms with van der Waals surface area (Å²) < 4.78 is 26.9. The van der Waals surface area contributed by atoms with Crippen LogP contribution in [0.15, 0.2) is 64.5 Å². The smallest absolute Gasteiger partial charge is 0.358 e. The Morgan fingerprint density at radius 1 is 1.21 bits per heavy atom. The number of nitrogens with zero attached hydrogens (tertiary/aromatic N) is 3. The van der Waals surface area contributed by atoms with Crippen LogP contribution in [0.5, 0.6) is 0 Å². The minimum atomic E-state index is -0.720. The summed E-state index contributed by atoms with van der Waals surface area (Å²) in [6.45, 7) is 3.04. The van der Waals surface area contributed by atoms with Crippen LogP contribution in [0.3, 0.4) is 0 Å².